The molecule has 1 aliphatic rings. The third kappa shape index (κ3) is 3.28. The predicted octanol–water partition coefficient (Wildman–Crippen LogP) is 3.89. The van der Waals surface area contributed by atoms with Crippen molar-refractivity contribution in [3.63, 3.8) is 0 Å². The van der Waals surface area contributed by atoms with Crippen LogP contribution < -0.4 is 11.1 Å². The monoisotopic (exact) mass is 440 g/mol. The van der Waals surface area contributed by atoms with E-state index in [0.29, 0.717) is 16.1 Å². The van der Waals surface area contributed by atoms with Crippen LogP contribution in [-0.2, 0) is 12.8 Å². The number of rotatable bonds is 3. The summed E-state index contributed by atoms with van der Waals surface area (Å²) in [5.41, 5.74) is 8.80. The largest absolute Gasteiger partial charge is 0.365 e. The minimum atomic E-state index is -0.460. The van der Waals surface area contributed by atoms with Gasteiger partial charge in [0.15, 0.2) is 0 Å². The second kappa shape index (κ2) is 6.60. The maximum absolute atomic E-state index is 12.5. The lowest BCUT2D eigenvalue weighted by molar-refractivity contribution is 0.100. The number of hydrogen-bond acceptors (Lipinski definition) is 3. The molecule has 1 aliphatic carbocycles. The zero-order valence-corrected chi connectivity index (χ0v) is 15.7. The molecule has 0 unspecified atom stereocenters. The highest BCUT2D eigenvalue weighted by Gasteiger charge is 2.25. The van der Waals surface area contributed by atoms with Crippen molar-refractivity contribution in [3.05, 3.63) is 48.9 Å². The molecule has 0 radical (unpaired) electrons. The highest BCUT2D eigenvalue weighted by molar-refractivity contribution is 14.1. The van der Waals surface area contributed by atoms with Crippen LogP contribution in [0.3, 0.4) is 0 Å². The first-order chi connectivity index (χ1) is 11.0. The number of benzene rings is 1. The molecule has 3 N–H and O–H groups in total. The number of amides is 2. The van der Waals surface area contributed by atoms with E-state index in [4.69, 9.17) is 5.73 Å². The Bertz CT molecular complexity index is 798. The Labute approximate surface area is 152 Å². The average Bonchev–Trinajstić information content (AvgIpc) is 2.87. The number of carbonyl (C=O) groups excluding carboxylic acids is 2. The number of primary amides is 1. The highest BCUT2D eigenvalue weighted by Crippen LogP contribution is 2.38. The van der Waals surface area contributed by atoms with Crippen LogP contribution in [0.4, 0.5) is 5.00 Å². The maximum atomic E-state index is 12.5. The first-order valence-electron chi connectivity index (χ1n) is 7.49. The molecule has 1 heterocycles. The molecule has 120 valence electrons. The molecule has 3 rings (SSSR count). The molecular formula is C17H17IN2O2S. The Kier molecular flexibility index (Phi) is 4.72. The molecule has 2 amide bonds. The van der Waals surface area contributed by atoms with Crippen LogP contribution in [0.25, 0.3) is 0 Å². The summed E-state index contributed by atoms with van der Waals surface area (Å²) < 4.78 is 1.04. The third-order valence-corrected chi connectivity index (χ3v) is 6.45. The second-order valence-corrected chi connectivity index (χ2v) is 7.96. The molecule has 0 aliphatic heterocycles. The van der Waals surface area contributed by atoms with Crippen LogP contribution in [0, 0.1) is 10.5 Å². The number of hydrogen-bond donors (Lipinski definition) is 2. The van der Waals surface area contributed by atoms with E-state index in [1.54, 1.807) is 6.07 Å². The first kappa shape index (κ1) is 16.4. The molecule has 0 bridgehead atoms. The van der Waals surface area contributed by atoms with Crippen molar-refractivity contribution >= 4 is 50.7 Å². The smallest absolute Gasteiger partial charge is 0.256 e. The molecule has 1 aromatic carbocycles. The summed E-state index contributed by atoms with van der Waals surface area (Å²) in [7, 11) is 0. The molecule has 0 spiro atoms. The molecule has 0 atom stereocenters. The zero-order valence-electron chi connectivity index (χ0n) is 12.7. The van der Waals surface area contributed by atoms with Gasteiger partial charge in [0.05, 0.1) is 5.56 Å². The Morgan fingerprint density at radius 2 is 2.00 bits per heavy atom. The van der Waals surface area contributed by atoms with E-state index in [0.717, 1.165) is 40.4 Å². The summed E-state index contributed by atoms with van der Waals surface area (Å²) in [6.45, 7) is 2.00. The quantitative estimate of drug-likeness (QED) is 0.711. The van der Waals surface area contributed by atoms with Crippen LogP contribution in [0.5, 0.6) is 0 Å². The lowest BCUT2D eigenvalue weighted by Gasteiger charge is -2.11. The van der Waals surface area contributed by atoms with Gasteiger partial charge in [-0.3, -0.25) is 9.59 Å². The van der Waals surface area contributed by atoms with Gasteiger partial charge in [-0.2, -0.15) is 0 Å². The van der Waals surface area contributed by atoms with E-state index in [9.17, 15) is 9.59 Å². The van der Waals surface area contributed by atoms with Gasteiger partial charge < -0.3 is 11.1 Å². The van der Waals surface area contributed by atoms with Crippen molar-refractivity contribution in [1.82, 2.24) is 0 Å². The summed E-state index contributed by atoms with van der Waals surface area (Å²) in [5, 5.41) is 3.48. The van der Waals surface area contributed by atoms with Crippen LogP contribution in [-0.4, -0.2) is 11.8 Å². The number of nitrogens with two attached hydrogens (primary N) is 1. The van der Waals surface area contributed by atoms with Gasteiger partial charge in [0, 0.05) is 14.0 Å². The summed E-state index contributed by atoms with van der Waals surface area (Å²) in [6.07, 6.45) is 4.00. The molecule has 4 nitrogen and oxygen atoms in total. The Morgan fingerprint density at radius 1 is 1.26 bits per heavy atom. The van der Waals surface area contributed by atoms with Crippen LogP contribution in [0.1, 0.15) is 49.6 Å². The second-order valence-electron chi connectivity index (χ2n) is 5.70. The number of aryl methyl sites for hydroxylation is 2. The van der Waals surface area contributed by atoms with Gasteiger partial charge in [-0.1, -0.05) is 6.07 Å². The fourth-order valence-corrected chi connectivity index (χ4v) is 4.63. The molecule has 0 fully saturated rings. The summed E-state index contributed by atoms with van der Waals surface area (Å²) >= 11 is 3.70. The van der Waals surface area contributed by atoms with Gasteiger partial charge in [0.2, 0.25) is 0 Å². The molecular weight excluding hydrogens is 423 g/mol. The fraction of sp³-hybridized carbons (Fsp3) is 0.294. The normalized spacial score (nSPS) is 13.5. The SMILES string of the molecule is Cc1ccc(C(=O)Nc2sc3c(c2C(N)=O)CCCC3)cc1I. The molecule has 0 saturated heterocycles. The zero-order chi connectivity index (χ0) is 16.6. The highest BCUT2D eigenvalue weighted by atomic mass is 127. The lowest BCUT2D eigenvalue weighted by atomic mass is 9.95. The lowest BCUT2D eigenvalue weighted by Crippen LogP contribution is -2.18. The van der Waals surface area contributed by atoms with Crippen LogP contribution >= 0.6 is 33.9 Å². The van der Waals surface area contributed by atoms with Crippen molar-refractivity contribution in [2.45, 2.75) is 32.6 Å². The number of halogens is 1. The number of carbonyl (C=O) groups is 2. The molecule has 1 aromatic heterocycles. The van der Waals surface area contributed by atoms with Gasteiger partial charge in [0.1, 0.15) is 5.00 Å². The van der Waals surface area contributed by atoms with Gasteiger partial charge in [0.25, 0.3) is 11.8 Å². The van der Waals surface area contributed by atoms with Crippen molar-refractivity contribution in [1.29, 1.82) is 0 Å². The Balaban J connectivity index is 1.93. The van der Waals surface area contributed by atoms with Gasteiger partial charge in [-0.25, -0.2) is 0 Å². The molecule has 2 aromatic rings. The first-order valence-corrected chi connectivity index (χ1v) is 9.38. The number of anilines is 1. The third-order valence-electron chi connectivity index (χ3n) is 4.08. The van der Waals surface area contributed by atoms with E-state index in [1.165, 1.54) is 16.2 Å². The molecule has 0 saturated carbocycles. The van der Waals surface area contributed by atoms with Crippen molar-refractivity contribution < 1.29 is 9.59 Å². The van der Waals surface area contributed by atoms with Crippen molar-refractivity contribution in [2.24, 2.45) is 5.73 Å². The van der Waals surface area contributed by atoms with Crippen LogP contribution in [0.2, 0.25) is 0 Å². The summed E-state index contributed by atoms with van der Waals surface area (Å²) in [5.74, 6) is -0.665. The summed E-state index contributed by atoms with van der Waals surface area (Å²) in [6, 6.07) is 5.57. The average molecular weight is 440 g/mol. The van der Waals surface area contributed by atoms with E-state index >= 15 is 0 Å². The predicted molar refractivity (Wildman–Crippen MR) is 101 cm³/mol. The van der Waals surface area contributed by atoms with Crippen molar-refractivity contribution in [3.8, 4) is 0 Å². The maximum Gasteiger partial charge on any atom is 0.256 e. The Hall–Kier alpha value is -1.41. The Morgan fingerprint density at radius 3 is 2.70 bits per heavy atom. The van der Waals surface area contributed by atoms with E-state index < -0.39 is 5.91 Å². The van der Waals surface area contributed by atoms with Gasteiger partial charge in [-0.05, 0) is 78.5 Å². The minimum absolute atomic E-state index is 0.205. The van der Waals surface area contributed by atoms with Gasteiger partial charge in [-0.15, -0.1) is 11.3 Å². The van der Waals surface area contributed by atoms with E-state index in [2.05, 4.69) is 27.9 Å². The fourth-order valence-electron chi connectivity index (χ4n) is 2.82. The van der Waals surface area contributed by atoms with E-state index in [1.807, 2.05) is 19.1 Å². The molecule has 23 heavy (non-hydrogen) atoms. The number of nitrogens with one attached hydrogen (secondary N) is 1. The minimum Gasteiger partial charge on any atom is -0.365 e. The standard InChI is InChI=1S/C17H17IN2O2S/c1-9-6-7-10(8-12(9)18)16(22)20-17-14(15(19)21)11-4-2-3-5-13(11)23-17/h6-8H,2-5H2,1H3,(H2,19,21)(H,20,22). The van der Waals surface area contributed by atoms with Crippen molar-refractivity contribution in [2.75, 3.05) is 5.32 Å². The topological polar surface area (TPSA) is 72.2 Å². The number of fused-ring (bicyclic) bond motifs is 1. The van der Waals surface area contributed by atoms with Crippen LogP contribution in [0.15, 0.2) is 18.2 Å². The van der Waals surface area contributed by atoms with E-state index in [-0.39, 0.29) is 5.91 Å². The number of thiophene rings is 1. The molecule has 6 heteroatoms. The van der Waals surface area contributed by atoms with Gasteiger partial charge >= 0.3 is 0 Å². The summed E-state index contributed by atoms with van der Waals surface area (Å²) in [4.78, 5) is 25.5.